The lowest BCUT2D eigenvalue weighted by atomic mass is 10.1. The monoisotopic (exact) mass is 350 g/mol. The molecule has 0 aromatic carbocycles. The first kappa shape index (κ1) is 16.2. The van der Waals surface area contributed by atoms with E-state index in [0.29, 0.717) is 0 Å². The van der Waals surface area contributed by atoms with Crippen LogP contribution in [-0.2, 0) is 6.54 Å². The molecule has 2 rings (SSSR count). The molecule has 0 saturated heterocycles. The molecule has 0 bridgehead atoms. The van der Waals surface area contributed by atoms with Crippen molar-refractivity contribution in [2.45, 2.75) is 53.6 Å². The van der Waals surface area contributed by atoms with Crippen LogP contribution in [0.1, 0.15) is 43.4 Å². The molecule has 4 nitrogen and oxygen atoms in total. The van der Waals surface area contributed by atoms with E-state index in [1.807, 2.05) is 24.7 Å². The van der Waals surface area contributed by atoms with Gasteiger partial charge in [-0.15, -0.1) is 0 Å². The Hall–Kier alpha value is -1.20. The fourth-order valence-electron chi connectivity index (χ4n) is 2.13. The highest BCUT2D eigenvalue weighted by atomic mass is 79.9. The SMILES string of the molecule is Cc1cc(-n2nc(C)c(Br)c2C)c(CNC(C)(C)C)cn1. The van der Waals surface area contributed by atoms with Gasteiger partial charge in [0, 0.05) is 29.5 Å². The molecule has 0 radical (unpaired) electrons. The molecule has 0 fully saturated rings. The summed E-state index contributed by atoms with van der Waals surface area (Å²) < 4.78 is 3.06. The molecular formula is C16H23BrN4. The molecule has 0 saturated carbocycles. The molecule has 0 unspecified atom stereocenters. The third-order valence-electron chi connectivity index (χ3n) is 3.34. The van der Waals surface area contributed by atoms with E-state index in [-0.39, 0.29) is 5.54 Å². The maximum absolute atomic E-state index is 4.64. The number of nitrogens with zero attached hydrogens (tertiary/aromatic N) is 3. The Labute approximate surface area is 135 Å². The number of nitrogens with one attached hydrogen (secondary N) is 1. The Kier molecular flexibility index (Phi) is 4.54. The van der Waals surface area contributed by atoms with Crippen molar-refractivity contribution < 1.29 is 0 Å². The van der Waals surface area contributed by atoms with Crippen LogP contribution in [0.4, 0.5) is 0 Å². The molecule has 2 aromatic rings. The molecule has 21 heavy (non-hydrogen) atoms. The second kappa shape index (κ2) is 5.89. The first-order chi connectivity index (χ1) is 9.69. The summed E-state index contributed by atoms with van der Waals surface area (Å²) in [4.78, 5) is 4.43. The van der Waals surface area contributed by atoms with Gasteiger partial charge in [0.05, 0.1) is 21.5 Å². The van der Waals surface area contributed by atoms with Gasteiger partial charge in [0.1, 0.15) is 0 Å². The molecule has 2 heterocycles. The van der Waals surface area contributed by atoms with E-state index in [9.17, 15) is 0 Å². The van der Waals surface area contributed by atoms with Crippen LogP contribution in [0.2, 0.25) is 0 Å². The topological polar surface area (TPSA) is 42.7 Å². The summed E-state index contributed by atoms with van der Waals surface area (Å²) >= 11 is 3.60. The van der Waals surface area contributed by atoms with Gasteiger partial charge >= 0.3 is 0 Å². The number of aromatic nitrogens is 3. The standard InChI is InChI=1S/C16H23BrN4/c1-10-7-14(21-12(3)15(17)11(2)20-21)13(8-18-10)9-19-16(4,5)6/h7-8,19H,9H2,1-6H3. The van der Waals surface area contributed by atoms with Gasteiger partial charge < -0.3 is 5.32 Å². The summed E-state index contributed by atoms with van der Waals surface area (Å²) in [6, 6.07) is 2.09. The lowest BCUT2D eigenvalue weighted by Gasteiger charge is -2.22. The smallest absolute Gasteiger partial charge is 0.0743 e. The lowest BCUT2D eigenvalue weighted by molar-refractivity contribution is 0.423. The summed E-state index contributed by atoms with van der Waals surface area (Å²) in [7, 11) is 0. The van der Waals surface area contributed by atoms with Crippen molar-refractivity contribution in [3.05, 3.63) is 39.4 Å². The van der Waals surface area contributed by atoms with Crippen LogP contribution in [0.15, 0.2) is 16.7 Å². The summed E-state index contributed by atoms with van der Waals surface area (Å²) in [6.45, 7) is 13.3. The van der Waals surface area contributed by atoms with E-state index < -0.39 is 0 Å². The van der Waals surface area contributed by atoms with Crippen LogP contribution in [0.25, 0.3) is 5.69 Å². The highest BCUT2D eigenvalue weighted by molar-refractivity contribution is 9.10. The maximum Gasteiger partial charge on any atom is 0.0743 e. The highest BCUT2D eigenvalue weighted by Gasteiger charge is 2.16. The summed E-state index contributed by atoms with van der Waals surface area (Å²) in [5, 5.41) is 8.16. The number of hydrogen-bond acceptors (Lipinski definition) is 3. The van der Waals surface area contributed by atoms with Crippen molar-refractivity contribution in [2.75, 3.05) is 0 Å². The minimum Gasteiger partial charge on any atom is -0.308 e. The first-order valence-corrected chi connectivity index (χ1v) is 7.91. The van der Waals surface area contributed by atoms with Crippen LogP contribution in [0, 0.1) is 20.8 Å². The maximum atomic E-state index is 4.64. The number of pyridine rings is 1. The van der Waals surface area contributed by atoms with Crippen LogP contribution in [-0.4, -0.2) is 20.3 Å². The zero-order valence-electron chi connectivity index (χ0n) is 13.6. The van der Waals surface area contributed by atoms with E-state index in [4.69, 9.17) is 0 Å². The van der Waals surface area contributed by atoms with Crippen LogP contribution < -0.4 is 5.32 Å². The van der Waals surface area contributed by atoms with Crippen LogP contribution in [0.5, 0.6) is 0 Å². The van der Waals surface area contributed by atoms with Crippen molar-refractivity contribution in [3.63, 3.8) is 0 Å². The Bertz CT molecular complexity index is 653. The fraction of sp³-hybridized carbons (Fsp3) is 0.500. The summed E-state index contributed by atoms with van der Waals surface area (Å²) in [5.74, 6) is 0. The molecule has 0 aliphatic rings. The number of halogens is 1. The molecule has 0 aliphatic heterocycles. The third kappa shape index (κ3) is 3.71. The van der Waals surface area contributed by atoms with Gasteiger partial charge in [-0.2, -0.15) is 5.10 Å². The second-order valence-corrected chi connectivity index (χ2v) is 7.25. The minimum atomic E-state index is 0.0673. The van der Waals surface area contributed by atoms with Gasteiger partial charge in [-0.1, -0.05) is 0 Å². The predicted molar refractivity (Wildman–Crippen MR) is 89.9 cm³/mol. The van der Waals surface area contributed by atoms with E-state index in [1.54, 1.807) is 0 Å². The van der Waals surface area contributed by atoms with Gasteiger partial charge in [-0.3, -0.25) is 4.98 Å². The molecule has 2 aromatic heterocycles. The molecule has 0 amide bonds. The number of hydrogen-bond donors (Lipinski definition) is 1. The molecule has 0 atom stereocenters. The quantitative estimate of drug-likeness (QED) is 0.914. The minimum absolute atomic E-state index is 0.0673. The van der Waals surface area contributed by atoms with Crippen molar-refractivity contribution in [2.24, 2.45) is 0 Å². The van der Waals surface area contributed by atoms with Crippen LogP contribution >= 0.6 is 15.9 Å². The molecule has 5 heteroatoms. The highest BCUT2D eigenvalue weighted by Crippen LogP contribution is 2.25. The Morgan fingerprint density at radius 1 is 1.24 bits per heavy atom. The number of rotatable bonds is 3. The fourth-order valence-corrected chi connectivity index (χ4v) is 2.37. The van der Waals surface area contributed by atoms with Gasteiger partial charge in [0.25, 0.3) is 0 Å². The van der Waals surface area contributed by atoms with E-state index in [0.717, 1.165) is 39.4 Å². The number of aryl methyl sites for hydroxylation is 2. The van der Waals surface area contributed by atoms with Gasteiger partial charge in [-0.25, -0.2) is 4.68 Å². The Morgan fingerprint density at radius 3 is 2.43 bits per heavy atom. The third-order valence-corrected chi connectivity index (χ3v) is 4.49. The zero-order chi connectivity index (χ0) is 15.8. The summed E-state index contributed by atoms with van der Waals surface area (Å²) in [5.41, 5.74) is 5.40. The second-order valence-electron chi connectivity index (χ2n) is 6.45. The van der Waals surface area contributed by atoms with Crippen molar-refractivity contribution in [1.82, 2.24) is 20.1 Å². The zero-order valence-corrected chi connectivity index (χ0v) is 15.2. The van der Waals surface area contributed by atoms with E-state index >= 15 is 0 Å². The Balaban J connectivity index is 2.46. The molecule has 114 valence electrons. The largest absolute Gasteiger partial charge is 0.308 e. The average molecular weight is 351 g/mol. The van der Waals surface area contributed by atoms with Gasteiger partial charge in [0.2, 0.25) is 0 Å². The van der Waals surface area contributed by atoms with Gasteiger partial charge in [0.15, 0.2) is 0 Å². The predicted octanol–water partition coefficient (Wildman–Crippen LogP) is 3.84. The van der Waals surface area contributed by atoms with Crippen molar-refractivity contribution in [3.8, 4) is 5.69 Å². The average Bonchev–Trinajstić information content (AvgIpc) is 2.64. The van der Waals surface area contributed by atoms with Gasteiger partial charge in [-0.05, 0) is 63.5 Å². The summed E-state index contributed by atoms with van der Waals surface area (Å²) in [6.07, 6.45) is 1.94. The molecule has 0 spiro atoms. The molecular weight excluding hydrogens is 328 g/mol. The van der Waals surface area contributed by atoms with E-state index in [1.165, 1.54) is 0 Å². The lowest BCUT2D eigenvalue weighted by Crippen LogP contribution is -2.35. The van der Waals surface area contributed by atoms with Crippen molar-refractivity contribution >= 4 is 15.9 Å². The normalized spacial score (nSPS) is 12.0. The van der Waals surface area contributed by atoms with E-state index in [2.05, 4.69) is 65.1 Å². The Morgan fingerprint density at radius 2 is 1.90 bits per heavy atom. The molecule has 0 aliphatic carbocycles. The van der Waals surface area contributed by atoms with Crippen molar-refractivity contribution in [1.29, 1.82) is 0 Å². The molecule has 1 N–H and O–H groups in total. The van der Waals surface area contributed by atoms with Crippen LogP contribution in [0.3, 0.4) is 0 Å². The first-order valence-electron chi connectivity index (χ1n) is 7.11.